The van der Waals surface area contributed by atoms with E-state index in [9.17, 15) is 32.3 Å². The third-order valence-corrected chi connectivity index (χ3v) is 5.67. The number of aromatic nitrogens is 2. The largest absolute Gasteiger partial charge is 0.573 e. The summed E-state index contributed by atoms with van der Waals surface area (Å²) in [6, 6.07) is 5.69. The number of carbonyl (C=O) groups excluding carboxylic acids is 2. The van der Waals surface area contributed by atoms with Gasteiger partial charge in [-0.15, -0.1) is 13.2 Å². The first-order valence-electron chi connectivity index (χ1n) is 11.4. The number of carbonyl (C=O) groups is 2. The maximum Gasteiger partial charge on any atom is 0.573 e. The van der Waals surface area contributed by atoms with Gasteiger partial charge in [-0.2, -0.15) is 0 Å². The highest BCUT2D eigenvalue weighted by atomic mass is 19.4. The van der Waals surface area contributed by atoms with Gasteiger partial charge in [-0.1, -0.05) is 0 Å². The summed E-state index contributed by atoms with van der Waals surface area (Å²) in [5, 5.41) is 2.49. The molecule has 3 heterocycles. The number of nitrogens with one attached hydrogen (secondary N) is 2. The SMILES string of the molecule is NC(=O)C(O[C@@H]1CCC=C(C(=O)Nc2ccc(OC(F)(F)F)cc2)O1)C1CC[C@H](n2ccc(=O)[nH]c2=O)O1. The number of ether oxygens (including phenoxy) is 4. The molecule has 4 N–H and O–H groups in total. The number of aromatic amines is 1. The lowest BCUT2D eigenvalue weighted by atomic mass is 10.1. The lowest BCUT2D eigenvalue weighted by molar-refractivity contribution is -0.274. The second-order valence-electron chi connectivity index (χ2n) is 8.40. The van der Waals surface area contributed by atoms with Crippen LogP contribution >= 0.6 is 0 Å². The van der Waals surface area contributed by atoms with Gasteiger partial charge >= 0.3 is 12.1 Å². The number of allylic oxidation sites excluding steroid dienone is 1. The predicted molar refractivity (Wildman–Crippen MR) is 122 cm³/mol. The zero-order chi connectivity index (χ0) is 27.4. The number of rotatable bonds is 8. The summed E-state index contributed by atoms with van der Waals surface area (Å²) >= 11 is 0. The Morgan fingerprint density at radius 2 is 1.87 bits per heavy atom. The molecule has 2 amide bonds. The summed E-state index contributed by atoms with van der Waals surface area (Å²) in [5.74, 6) is -2.09. The number of primary amides is 1. The maximum absolute atomic E-state index is 12.6. The summed E-state index contributed by atoms with van der Waals surface area (Å²) in [7, 11) is 0. The van der Waals surface area contributed by atoms with Crippen LogP contribution in [-0.4, -0.2) is 46.2 Å². The molecule has 2 aromatic rings. The van der Waals surface area contributed by atoms with Gasteiger partial charge in [0, 0.05) is 24.4 Å². The van der Waals surface area contributed by atoms with Gasteiger partial charge in [-0.05, 0) is 49.6 Å². The average molecular weight is 540 g/mol. The minimum atomic E-state index is -4.84. The molecule has 0 radical (unpaired) electrons. The van der Waals surface area contributed by atoms with Crippen molar-refractivity contribution in [2.24, 2.45) is 5.73 Å². The van der Waals surface area contributed by atoms with Crippen molar-refractivity contribution in [1.82, 2.24) is 9.55 Å². The monoisotopic (exact) mass is 540 g/mol. The van der Waals surface area contributed by atoms with Crippen LogP contribution in [0.2, 0.25) is 0 Å². The van der Waals surface area contributed by atoms with Crippen LogP contribution in [0.5, 0.6) is 5.75 Å². The fourth-order valence-electron chi connectivity index (χ4n) is 4.00. The normalized spacial score (nSPS) is 22.2. The molecule has 2 aliphatic heterocycles. The summed E-state index contributed by atoms with van der Waals surface area (Å²) in [4.78, 5) is 50.2. The molecule has 1 saturated heterocycles. The number of halogens is 3. The number of anilines is 1. The van der Waals surface area contributed by atoms with Crippen LogP contribution in [0.15, 0.2) is 58.0 Å². The van der Waals surface area contributed by atoms with Crippen molar-refractivity contribution in [1.29, 1.82) is 0 Å². The molecule has 2 aliphatic rings. The molecule has 4 rings (SSSR count). The number of amides is 2. The Morgan fingerprint density at radius 3 is 2.53 bits per heavy atom. The number of nitrogens with zero attached hydrogens (tertiary/aromatic N) is 1. The molecule has 15 heteroatoms. The molecule has 12 nitrogen and oxygen atoms in total. The van der Waals surface area contributed by atoms with Crippen LogP contribution in [-0.2, 0) is 23.8 Å². The van der Waals surface area contributed by atoms with E-state index in [2.05, 4.69) is 15.0 Å². The van der Waals surface area contributed by atoms with Crippen molar-refractivity contribution in [3.63, 3.8) is 0 Å². The van der Waals surface area contributed by atoms with Gasteiger partial charge in [0.2, 0.25) is 12.2 Å². The van der Waals surface area contributed by atoms with E-state index < -0.39 is 59.9 Å². The Bertz CT molecular complexity index is 1320. The zero-order valence-corrected chi connectivity index (χ0v) is 19.6. The van der Waals surface area contributed by atoms with E-state index >= 15 is 0 Å². The third kappa shape index (κ3) is 6.80. The molecule has 4 atom stereocenters. The second kappa shape index (κ2) is 11.1. The van der Waals surface area contributed by atoms with E-state index in [1.165, 1.54) is 35.0 Å². The molecule has 0 bridgehead atoms. The molecule has 1 aromatic carbocycles. The molecule has 38 heavy (non-hydrogen) atoms. The maximum atomic E-state index is 12.6. The van der Waals surface area contributed by atoms with Crippen molar-refractivity contribution >= 4 is 17.5 Å². The number of alkyl halides is 3. The molecule has 1 aromatic heterocycles. The predicted octanol–water partition coefficient (Wildman–Crippen LogP) is 1.64. The van der Waals surface area contributed by atoms with Gasteiger partial charge in [-0.25, -0.2) is 4.79 Å². The van der Waals surface area contributed by atoms with Crippen molar-refractivity contribution in [3.05, 3.63) is 69.2 Å². The lowest BCUT2D eigenvalue weighted by Crippen LogP contribution is -2.44. The highest BCUT2D eigenvalue weighted by Crippen LogP contribution is 2.31. The van der Waals surface area contributed by atoms with E-state index in [1.807, 2.05) is 0 Å². The smallest absolute Gasteiger partial charge is 0.459 e. The third-order valence-electron chi connectivity index (χ3n) is 5.67. The summed E-state index contributed by atoms with van der Waals surface area (Å²) in [6.45, 7) is 0. The highest BCUT2D eigenvalue weighted by Gasteiger charge is 2.39. The molecular weight excluding hydrogens is 517 g/mol. The quantitative estimate of drug-likeness (QED) is 0.455. The van der Waals surface area contributed by atoms with Gasteiger partial charge in [0.05, 0.1) is 6.10 Å². The number of benzene rings is 1. The van der Waals surface area contributed by atoms with E-state index in [4.69, 9.17) is 19.9 Å². The molecule has 0 aliphatic carbocycles. The molecule has 204 valence electrons. The van der Waals surface area contributed by atoms with Gasteiger partial charge < -0.3 is 30.0 Å². The Hall–Kier alpha value is -4.11. The molecular formula is C23H23F3N4O8. The molecule has 0 spiro atoms. The van der Waals surface area contributed by atoms with Gasteiger partial charge in [-0.3, -0.25) is 23.9 Å². The Kier molecular flexibility index (Phi) is 7.87. The van der Waals surface area contributed by atoms with Gasteiger partial charge in [0.25, 0.3) is 11.5 Å². The zero-order valence-electron chi connectivity index (χ0n) is 19.6. The average Bonchev–Trinajstić information content (AvgIpc) is 3.32. The Labute approximate surface area is 212 Å². The number of nitrogens with two attached hydrogens (primary N) is 1. The number of hydrogen-bond donors (Lipinski definition) is 3. The summed E-state index contributed by atoms with van der Waals surface area (Å²) in [5.41, 5.74) is 4.49. The van der Waals surface area contributed by atoms with Crippen LogP contribution in [0.3, 0.4) is 0 Å². The standard InChI is InChI=1S/C23H23F3N4O8/c24-23(25,26)38-13-6-4-12(5-7-13)28-21(33)15-2-1-3-18(36-15)37-19(20(27)32)14-8-9-17(35-14)30-11-10-16(31)29-22(30)34/h2,4-7,10-11,14,17-19H,1,3,8-9H2,(H2,27,32)(H,28,33)(H,29,31,34)/t14?,17-,18-,19?/m1/s1. The van der Waals surface area contributed by atoms with Crippen LogP contribution in [0.4, 0.5) is 18.9 Å². The topological polar surface area (TPSA) is 164 Å². The number of H-pyrrole nitrogens is 1. The van der Waals surface area contributed by atoms with Crippen LogP contribution < -0.4 is 27.0 Å². The van der Waals surface area contributed by atoms with Crippen molar-refractivity contribution in [2.75, 3.05) is 5.32 Å². The van der Waals surface area contributed by atoms with E-state index in [-0.39, 0.29) is 11.4 Å². The Balaban J connectivity index is 1.35. The number of hydrogen-bond acceptors (Lipinski definition) is 8. The van der Waals surface area contributed by atoms with Crippen LogP contribution in [0.1, 0.15) is 31.9 Å². The Morgan fingerprint density at radius 1 is 1.13 bits per heavy atom. The van der Waals surface area contributed by atoms with Crippen molar-refractivity contribution in [3.8, 4) is 5.75 Å². The molecule has 0 saturated carbocycles. The van der Waals surface area contributed by atoms with E-state index in [0.29, 0.717) is 25.7 Å². The summed E-state index contributed by atoms with van der Waals surface area (Å²) < 4.78 is 59.0. The van der Waals surface area contributed by atoms with Crippen molar-refractivity contribution in [2.45, 2.75) is 56.8 Å². The first kappa shape index (κ1) is 26.9. The van der Waals surface area contributed by atoms with E-state index in [1.54, 1.807) is 0 Å². The van der Waals surface area contributed by atoms with Gasteiger partial charge in [0.15, 0.2) is 11.9 Å². The van der Waals surface area contributed by atoms with Crippen LogP contribution in [0, 0.1) is 0 Å². The second-order valence-corrected chi connectivity index (χ2v) is 8.40. The van der Waals surface area contributed by atoms with E-state index in [0.717, 1.165) is 12.1 Å². The molecule has 1 fully saturated rings. The minimum Gasteiger partial charge on any atom is -0.459 e. The summed E-state index contributed by atoms with van der Waals surface area (Å²) in [6.07, 6.45) is -4.61. The highest BCUT2D eigenvalue weighted by molar-refractivity contribution is 6.02. The first-order chi connectivity index (χ1) is 18.0. The van der Waals surface area contributed by atoms with Crippen molar-refractivity contribution < 1.29 is 41.7 Å². The van der Waals surface area contributed by atoms with Gasteiger partial charge in [0.1, 0.15) is 12.0 Å². The molecule has 2 unspecified atom stereocenters. The fraction of sp³-hybridized carbons (Fsp3) is 0.391. The van der Waals surface area contributed by atoms with Crippen LogP contribution in [0.25, 0.3) is 0 Å². The fourth-order valence-corrected chi connectivity index (χ4v) is 4.00. The lowest BCUT2D eigenvalue weighted by Gasteiger charge is -2.29. The first-order valence-corrected chi connectivity index (χ1v) is 11.4. The minimum absolute atomic E-state index is 0.120.